The Morgan fingerprint density at radius 2 is 2.10 bits per heavy atom. The number of carbonyl (C=O) groups excluding carboxylic acids is 2. The number of fused-ring (bicyclic) bond motifs is 1. The minimum Gasteiger partial charge on any atom is -0.351 e. The summed E-state index contributed by atoms with van der Waals surface area (Å²) in [6.07, 6.45) is 5.20. The molecule has 1 aliphatic carbocycles. The first-order valence-corrected chi connectivity index (χ1v) is 7.13. The van der Waals surface area contributed by atoms with Gasteiger partial charge in [0.15, 0.2) is 0 Å². The Morgan fingerprint density at radius 1 is 1.35 bits per heavy atom. The van der Waals surface area contributed by atoms with Crippen LogP contribution in [0.25, 0.3) is 0 Å². The van der Waals surface area contributed by atoms with Gasteiger partial charge in [0.25, 0.3) is 0 Å². The van der Waals surface area contributed by atoms with E-state index in [0.717, 1.165) is 29.8 Å². The lowest BCUT2D eigenvalue weighted by molar-refractivity contribution is -0.115. The summed E-state index contributed by atoms with van der Waals surface area (Å²) in [6.45, 7) is 0.669. The van der Waals surface area contributed by atoms with Gasteiger partial charge in [-0.05, 0) is 36.5 Å². The van der Waals surface area contributed by atoms with Crippen LogP contribution in [0.2, 0.25) is 0 Å². The van der Waals surface area contributed by atoms with Gasteiger partial charge in [0.1, 0.15) is 0 Å². The maximum Gasteiger partial charge on any atom is 0.319 e. The molecule has 3 amide bonds. The van der Waals surface area contributed by atoms with E-state index in [4.69, 9.17) is 5.73 Å². The van der Waals surface area contributed by atoms with Crippen molar-refractivity contribution in [1.82, 2.24) is 0 Å². The number of nitrogens with zero attached hydrogens (tertiary/aromatic N) is 1. The van der Waals surface area contributed by atoms with Crippen LogP contribution in [0.1, 0.15) is 31.2 Å². The van der Waals surface area contributed by atoms with Crippen molar-refractivity contribution >= 4 is 23.3 Å². The Balaban J connectivity index is 1.82. The zero-order valence-corrected chi connectivity index (χ0v) is 11.4. The zero-order chi connectivity index (χ0) is 14.1. The molecule has 1 saturated carbocycles. The molecule has 0 aromatic heterocycles. The number of hydrogen-bond acceptors (Lipinski definition) is 2. The second kappa shape index (κ2) is 5.15. The van der Waals surface area contributed by atoms with Crippen molar-refractivity contribution < 1.29 is 9.59 Å². The summed E-state index contributed by atoms with van der Waals surface area (Å²) in [5, 5.41) is 2.81. The average molecular weight is 273 g/mol. The van der Waals surface area contributed by atoms with E-state index >= 15 is 0 Å². The van der Waals surface area contributed by atoms with Crippen LogP contribution in [-0.4, -0.2) is 18.5 Å². The monoisotopic (exact) mass is 273 g/mol. The standard InChI is InChI=1S/C15H19N3O2/c16-15(20)18(9-10-3-1-2-4-10)12-6-5-11-7-14(19)17-13(11)8-12/h5-6,8,10H,1-4,7,9H2,(H2,16,20)(H,17,19). The molecule has 5 nitrogen and oxygen atoms in total. The van der Waals surface area contributed by atoms with Crippen LogP contribution < -0.4 is 16.0 Å². The third-order valence-corrected chi connectivity index (χ3v) is 4.21. The summed E-state index contributed by atoms with van der Waals surface area (Å²) in [7, 11) is 0. The van der Waals surface area contributed by atoms with Gasteiger partial charge in [0.2, 0.25) is 5.91 Å². The molecule has 0 unspecified atom stereocenters. The van der Waals surface area contributed by atoms with Gasteiger partial charge in [-0.2, -0.15) is 0 Å². The number of primary amides is 1. The van der Waals surface area contributed by atoms with Crippen LogP contribution in [0, 0.1) is 5.92 Å². The first-order chi connectivity index (χ1) is 9.63. The van der Waals surface area contributed by atoms with Crippen molar-refractivity contribution in [1.29, 1.82) is 0 Å². The highest BCUT2D eigenvalue weighted by Gasteiger charge is 2.24. The van der Waals surface area contributed by atoms with Gasteiger partial charge >= 0.3 is 6.03 Å². The van der Waals surface area contributed by atoms with Gasteiger partial charge in [0.05, 0.1) is 6.42 Å². The van der Waals surface area contributed by atoms with Crippen molar-refractivity contribution in [3.8, 4) is 0 Å². The lowest BCUT2D eigenvalue weighted by atomic mass is 10.1. The minimum atomic E-state index is -0.429. The number of rotatable bonds is 3. The van der Waals surface area contributed by atoms with Gasteiger partial charge < -0.3 is 11.1 Å². The molecule has 0 radical (unpaired) electrons. The molecule has 5 heteroatoms. The van der Waals surface area contributed by atoms with Gasteiger partial charge in [-0.25, -0.2) is 4.79 Å². The highest BCUT2D eigenvalue weighted by molar-refractivity contribution is 6.00. The van der Waals surface area contributed by atoms with Crippen LogP contribution >= 0.6 is 0 Å². The highest BCUT2D eigenvalue weighted by atomic mass is 16.2. The first-order valence-electron chi connectivity index (χ1n) is 7.13. The predicted molar refractivity (Wildman–Crippen MR) is 77.7 cm³/mol. The normalized spacial score (nSPS) is 17.9. The lowest BCUT2D eigenvalue weighted by Crippen LogP contribution is -2.38. The number of carbonyl (C=O) groups is 2. The summed E-state index contributed by atoms with van der Waals surface area (Å²) in [5.74, 6) is 0.531. The van der Waals surface area contributed by atoms with Crippen molar-refractivity contribution in [2.24, 2.45) is 11.7 Å². The summed E-state index contributed by atoms with van der Waals surface area (Å²) in [4.78, 5) is 24.7. The predicted octanol–water partition coefficient (Wildman–Crippen LogP) is 2.26. The number of nitrogens with two attached hydrogens (primary N) is 1. The molecule has 1 fully saturated rings. The maximum atomic E-state index is 11.7. The summed E-state index contributed by atoms with van der Waals surface area (Å²) in [5.41, 5.74) is 8.06. The van der Waals surface area contributed by atoms with Crippen LogP contribution in [0.15, 0.2) is 18.2 Å². The Kier molecular flexibility index (Phi) is 3.34. The molecule has 3 rings (SSSR count). The van der Waals surface area contributed by atoms with Crippen molar-refractivity contribution in [2.45, 2.75) is 32.1 Å². The fourth-order valence-electron chi connectivity index (χ4n) is 3.14. The van der Waals surface area contributed by atoms with Gasteiger partial charge in [-0.3, -0.25) is 9.69 Å². The Bertz CT molecular complexity index is 550. The van der Waals surface area contributed by atoms with Crippen LogP contribution in [0.5, 0.6) is 0 Å². The molecule has 3 N–H and O–H groups in total. The van der Waals surface area contributed by atoms with Crippen LogP contribution in [-0.2, 0) is 11.2 Å². The zero-order valence-electron chi connectivity index (χ0n) is 11.4. The molecule has 0 bridgehead atoms. The van der Waals surface area contributed by atoms with E-state index in [1.807, 2.05) is 18.2 Å². The lowest BCUT2D eigenvalue weighted by Gasteiger charge is -2.24. The molecular formula is C15H19N3O2. The average Bonchev–Trinajstić information content (AvgIpc) is 3.02. The second-order valence-corrected chi connectivity index (χ2v) is 5.67. The summed E-state index contributed by atoms with van der Waals surface area (Å²) >= 11 is 0. The van der Waals surface area contributed by atoms with Gasteiger partial charge in [-0.1, -0.05) is 18.9 Å². The third-order valence-electron chi connectivity index (χ3n) is 4.21. The Morgan fingerprint density at radius 3 is 2.80 bits per heavy atom. The fourth-order valence-corrected chi connectivity index (χ4v) is 3.14. The number of hydrogen-bond donors (Lipinski definition) is 2. The van der Waals surface area contributed by atoms with Crippen molar-refractivity contribution in [2.75, 3.05) is 16.8 Å². The molecule has 0 spiro atoms. The molecular weight excluding hydrogens is 254 g/mol. The number of urea groups is 1. The molecule has 1 aliphatic heterocycles. The van der Waals surface area contributed by atoms with Gasteiger partial charge in [0, 0.05) is 17.9 Å². The van der Waals surface area contributed by atoms with E-state index in [0.29, 0.717) is 18.9 Å². The van der Waals surface area contributed by atoms with E-state index in [9.17, 15) is 9.59 Å². The maximum absolute atomic E-state index is 11.7. The largest absolute Gasteiger partial charge is 0.351 e. The van der Waals surface area contributed by atoms with Gasteiger partial charge in [-0.15, -0.1) is 0 Å². The smallest absolute Gasteiger partial charge is 0.319 e. The number of anilines is 2. The van der Waals surface area contributed by atoms with Crippen molar-refractivity contribution in [3.63, 3.8) is 0 Å². The number of benzene rings is 1. The molecule has 1 aromatic carbocycles. The van der Waals surface area contributed by atoms with E-state index in [-0.39, 0.29) is 5.91 Å². The third kappa shape index (κ3) is 2.48. The highest BCUT2D eigenvalue weighted by Crippen LogP contribution is 2.31. The molecule has 0 saturated heterocycles. The molecule has 2 aliphatic rings. The van der Waals surface area contributed by atoms with Crippen LogP contribution in [0.3, 0.4) is 0 Å². The van der Waals surface area contributed by atoms with E-state index in [2.05, 4.69) is 5.32 Å². The number of amides is 3. The topological polar surface area (TPSA) is 75.4 Å². The molecule has 106 valence electrons. The molecule has 0 atom stereocenters. The quantitative estimate of drug-likeness (QED) is 0.886. The number of nitrogens with one attached hydrogen (secondary N) is 1. The van der Waals surface area contributed by atoms with E-state index in [1.165, 1.54) is 12.8 Å². The second-order valence-electron chi connectivity index (χ2n) is 5.67. The summed E-state index contributed by atoms with van der Waals surface area (Å²) in [6, 6.07) is 5.19. The first kappa shape index (κ1) is 13.0. The van der Waals surface area contributed by atoms with E-state index in [1.54, 1.807) is 4.90 Å². The fraction of sp³-hybridized carbons (Fsp3) is 0.467. The molecule has 20 heavy (non-hydrogen) atoms. The summed E-state index contributed by atoms with van der Waals surface area (Å²) < 4.78 is 0. The van der Waals surface area contributed by atoms with Crippen LogP contribution in [0.4, 0.5) is 16.2 Å². The SMILES string of the molecule is NC(=O)N(CC1CCCC1)c1ccc2c(c1)NC(=O)C2. The Labute approximate surface area is 118 Å². The Hall–Kier alpha value is -2.04. The molecule has 1 heterocycles. The van der Waals surface area contributed by atoms with Crippen molar-refractivity contribution in [3.05, 3.63) is 23.8 Å². The van der Waals surface area contributed by atoms with E-state index < -0.39 is 6.03 Å². The minimum absolute atomic E-state index is 0.00133. The molecule has 1 aromatic rings.